The Morgan fingerprint density at radius 3 is 2.60 bits per heavy atom. The van der Waals surface area contributed by atoms with Gasteiger partial charge in [0.25, 0.3) is 0 Å². The van der Waals surface area contributed by atoms with Crippen LogP contribution >= 0.6 is 0 Å². The number of carboxylic acid groups (broad SMARTS) is 1. The predicted octanol–water partition coefficient (Wildman–Crippen LogP) is 4.87. The zero-order chi connectivity index (χ0) is 14.9. The molecule has 3 unspecified atom stereocenters. The van der Waals surface area contributed by atoms with Crippen LogP contribution < -0.4 is 0 Å². The fourth-order valence-electron chi connectivity index (χ4n) is 3.74. The van der Waals surface area contributed by atoms with E-state index in [1.165, 1.54) is 12.8 Å². The van der Waals surface area contributed by atoms with Gasteiger partial charge in [-0.15, -0.1) is 0 Å². The van der Waals surface area contributed by atoms with E-state index in [-0.39, 0.29) is 0 Å². The van der Waals surface area contributed by atoms with Gasteiger partial charge in [-0.2, -0.15) is 0 Å². The van der Waals surface area contributed by atoms with Crippen molar-refractivity contribution in [1.82, 2.24) is 0 Å². The molecule has 0 saturated heterocycles. The number of hydrogen-bond acceptors (Lipinski definition) is 1. The quantitative estimate of drug-likeness (QED) is 0.853. The van der Waals surface area contributed by atoms with E-state index in [0.29, 0.717) is 29.2 Å². The lowest BCUT2D eigenvalue weighted by molar-refractivity contribution is 0.0692. The molecule has 0 bridgehead atoms. The Hall–Kier alpha value is -1.31. The first-order chi connectivity index (χ1) is 9.40. The Morgan fingerprint density at radius 1 is 1.30 bits per heavy atom. The summed E-state index contributed by atoms with van der Waals surface area (Å²) < 4.78 is 0. The van der Waals surface area contributed by atoms with Crippen molar-refractivity contribution in [2.75, 3.05) is 0 Å². The maximum absolute atomic E-state index is 11.5. The third-order valence-corrected chi connectivity index (χ3v) is 4.86. The molecule has 0 aromatic heterocycles. The van der Waals surface area contributed by atoms with Gasteiger partial charge in [0.05, 0.1) is 5.56 Å². The molecule has 0 amide bonds. The van der Waals surface area contributed by atoms with Gasteiger partial charge in [-0.25, -0.2) is 4.79 Å². The van der Waals surface area contributed by atoms with E-state index in [9.17, 15) is 9.90 Å². The van der Waals surface area contributed by atoms with Gasteiger partial charge in [-0.3, -0.25) is 0 Å². The second-order valence-electron chi connectivity index (χ2n) is 6.83. The van der Waals surface area contributed by atoms with Crippen LogP contribution in [0.2, 0.25) is 0 Å². The third-order valence-electron chi connectivity index (χ3n) is 4.86. The molecule has 110 valence electrons. The molecule has 1 fully saturated rings. The summed E-state index contributed by atoms with van der Waals surface area (Å²) in [7, 11) is 0. The number of aromatic carboxylic acids is 1. The Kier molecular flexibility index (Phi) is 4.52. The number of carboxylic acids is 1. The summed E-state index contributed by atoms with van der Waals surface area (Å²) >= 11 is 0. The molecular weight excluding hydrogens is 248 g/mol. The van der Waals surface area contributed by atoms with Crippen molar-refractivity contribution in [3.05, 3.63) is 34.9 Å². The Morgan fingerprint density at radius 2 is 2.00 bits per heavy atom. The normalized spacial score (nSPS) is 26.8. The highest BCUT2D eigenvalue weighted by atomic mass is 16.4. The van der Waals surface area contributed by atoms with Crippen LogP contribution in [-0.4, -0.2) is 11.1 Å². The average Bonchev–Trinajstić information content (AvgIpc) is 2.37. The highest BCUT2D eigenvalue weighted by Gasteiger charge is 2.33. The average molecular weight is 274 g/mol. The van der Waals surface area contributed by atoms with Crippen molar-refractivity contribution in [2.45, 2.75) is 52.9 Å². The van der Waals surface area contributed by atoms with Crippen molar-refractivity contribution in [3.63, 3.8) is 0 Å². The van der Waals surface area contributed by atoms with E-state index >= 15 is 0 Å². The molecule has 1 aromatic rings. The molecule has 2 heteroatoms. The summed E-state index contributed by atoms with van der Waals surface area (Å²) in [6, 6.07) is 5.79. The number of benzene rings is 1. The van der Waals surface area contributed by atoms with Crippen LogP contribution in [0.5, 0.6) is 0 Å². The van der Waals surface area contributed by atoms with Crippen molar-refractivity contribution in [3.8, 4) is 0 Å². The van der Waals surface area contributed by atoms with Crippen LogP contribution in [0, 0.1) is 24.7 Å². The first-order valence-corrected chi connectivity index (χ1v) is 7.74. The maximum Gasteiger partial charge on any atom is 0.335 e. The monoisotopic (exact) mass is 274 g/mol. The smallest absolute Gasteiger partial charge is 0.335 e. The van der Waals surface area contributed by atoms with Crippen LogP contribution in [-0.2, 0) is 0 Å². The standard InChI is InChI=1S/C18H26O2/c1-11(2)14-7-5-12(3)9-16(14)17-10-13(4)6-8-15(17)18(19)20/h6,8,10-12,14,16H,5,7,9H2,1-4H3,(H,19,20). The molecule has 0 spiro atoms. The van der Waals surface area contributed by atoms with Gasteiger partial charge in [-0.1, -0.05) is 44.9 Å². The van der Waals surface area contributed by atoms with Gasteiger partial charge < -0.3 is 5.11 Å². The van der Waals surface area contributed by atoms with Gasteiger partial charge in [0.2, 0.25) is 0 Å². The summed E-state index contributed by atoms with van der Waals surface area (Å²) in [5.41, 5.74) is 2.72. The zero-order valence-electron chi connectivity index (χ0n) is 13.0. The van der Waals surface area contributed by atoms with E-state index in [4.69, 9.17) is 0 Å². The second-order valence-corrected chi connectivity index (χ2v) is 6.83. The number of carbonyl (C=O) groups is 1. The summed E-state index contributed by atoms with van der Waals surface area (Å²) in [5.74, 6) is 1.50. The number of rotatable bonds is 3. The summed E-state index contributed by atoms with van der Waals surface area (Å²) in [4.78, 5) is 11.5. The zero-order valence-corrected chi connectivity index (χ0v) is 13.0. The van der Waals surface area contributed by atoms with Gasteiger partial charge in [0.1, 0.15) is 0 Å². The molecule has 1 aromatic carbocycles. The molecule has 0 heterocycles. The lowest BCUT2D eigenvalue weighted by atomic mass is 9.67. The molecule has 20 heavy (non-hydrogen) atoms. The minimum atomic E-state index is -0.791. The van der Waals surface area contributed by atoms with Crippen molar-refractivity contribution < 1.29 is 9.90 Å². The topological polar surface area (TPSA) is 37.3 Å². The minimum absolute atomic E-state index is 0.393. The highest BCUT2D eigenvalue weighted by Crippen LogP contribution is 2.45. The summed E-state index contributed by atoms with van der Waals surface area (Å²) in [6.45, 7) is 8.87. The van der Waals surface area contributed by atoms with Gasteiger partial charge in [0, 0.05) is 0 Å². The Bertz CT molecular complexity index is 490. The van der Waals surface area contributed by atoms with E-state index < -0.39 is 5.97 Å². The van der Waals surface area contributed by atoms with Gasteiger partial charge in [-0.05, 0) is 55.1 Å². The lowest BCUT2D eigenvalue weighted by Gasteiger charge is -2.38. The van der Waals surface area contributed by atoms with E-state index in [1.54, 1.807) is 6.07 Å². The Labute approximate surface area is 122 Å². The third kappa shape index (κ3) is 3.05. The highest BCUT2D eigenvalue weighted by molar-refractivity contribution is 5.89. The van der Waals surface area contributed by atoms with Crippen molar-refractivity contribution in [2.24, 2.45) is 17.8 Å². The molecule has 1 aliphatic rings. The molecule has 0 aliphatic heterocycles. The Balaban J connectivity index is 2.45. The molecule has 2 nitrogen and oxygen atoms in total. The number of hydrogen-bond donors (Lipinski definition) is 1. The summed E-state index contributed by atoms with van der Waals surface area (Å²) in [6.07, 6.45) is 3.61. The van der Waals surface area contributed by atoms with Gasteiger partial charge in [0.15, 0.2) is 0 Å². The van der Waals surface area contributed by atoms with E-state index in [0.717, 1.165) is 17.5 Å². The summed E-state index contributed by atoms with van der Waals surface area (Å²) in [5, 5.41) is 9.48. The lowest BCUT2D eigenvalue weighted by Crippen LogP contribution is -2.27. The van der Waals surface area contributed by atoms with Crippen LogP contribution in [0.3, 0.4) is 0 Å². The predicted molar refractivity (Wildman–Crippen MR) is 82.2 cm³/mol. The van der Waals surface area contributed by atoms with Crippen molar-refractivity contribution >= 4 is 5.97 Å². The maximum atomic E-state index is 11.5. The fraction of sp³-hybridized carbons (Fsp3) is 0.611. The van der Waals surface area contributed by atoms with Crippen LogP contribution in [0.15, 0.2) is 18.2 Å². The van der Waals surface area contributed by atoms with Gasteiger partial charge >= 0.3 is 5.97 Å². The molecular formula is C18H26O2. The number of aryl methyl sites for hydroxylation is 1. The van der Waals surface area contributed by atoms with Crippen LogP contribution in [0.1, 0.15) is 67.4 Å². The first kappa shape index (κ1) is 15.1. The minimum Gasteiger partial charge on any atom is -0.478 e. The molecule has 1 N–H and O–H groups in total. The molecule has 1 saturated carbocycles. The molecule has 3 atom stereocenters. The second kappa shape index (κ2) is 5.99. The fourth-order valence-corrected chi connectivity index (χ4v) is 3.74. The van der Waals surface area contributed by atoms with Crippen molar-refractivity contribution in [1.29, 1.82) is 0 Å². The van der Waals surface area contributed by atoms with E-state index in [2.05, 4.69) is 26.8 Å². The SMILES string of the molecule is Cc1ccc(C(=O)O)c(C2CC(C)CCC2C(C)C)c1. The molecule has 1 aliphatic carbocycles. The van der Waals surface area contributed by atoms with Crippen LogP contribution in [0.4, 0.5) is 0 Å². The van der Waals surface area contributed by atoms with E-state index in [1.807, 2.05) is 13.0 Å². The largest absolute Gasteiger partial charge is 0.478 e. The molecule has 0 radical (unpaired) electrons. The molecule has 2 rings (SSSR count). The first-order valence-electron chi connectivity index (χ1n) is 7.74. The van der Waals surface area contributed by atoms with Crippen LogP contribution in [0.25, 0.3) is 0 Å².